The fraction of sp³-hybridized carbons (Fsp3) is 0.344. The Labute approximate surface area is 252 Å². The summed E-state index contributed by atoms with van der Waals surface area (Å²) >= 11 is 0. The van der Waals surface area contributed by atoms with Crippen molar-refractivity contribution in [3.63, 3.8) is 0 Å². The molecule has 3 aromatic carbocycles. The first-order chi connectivity index (χ1) is 20.3. The number of carbonyl (C=O) groups is 2. The number of hydrogen-bond donors (Lipinski definition) is 0. The van der Waals surface area contributed by atoms with Crippen LogP contribution < -0.4 is 4.74 Å². The van der Waals surface area contributed by atoms with Gasteiger partial charge in [-0.2, -0.15) is 8.42 Å². The molecule has 0 aromatic heterocycles. The quantitative estimate of drug-likeness (QED) is 0.233. The molecule has 3 aromatic rings. The lowest BCUT2D eigenvalue weighted by molar-refractivity contribution is -0.153. The second kappa shape index (κ2) is 12.9. The first-order valence-corrected chi connectivity index (χ1v) is 15.1. The second-order valence-corrected chi connectivity index (χ2v) is 12.9. The average Bonchev–Trinajstić information content (AvgIpc) is 3.35. The highest BCUT2D eigenvalue weighted by atomic mass is 32.2. The van der Waals surface area contributed by atoms with E-state index in [2.05, 4.69) is 5.16 Å². The number of ether oxygens (including phenoxy) is 3. The Hall–Kier alpha value is -4.38. The topological polar surface area (TPSA) is 121 Å². The SMILES string of the molecule is COC(=O)[C@]1(Cc2ccc(OCc3ccccc3)cc2)C/C(=N/OS(=O)(=O)c2ccc(C)cc2)CN1C(=O)OC(C)(C)C. The summed E-state index contributed by atoms with van der Waals surface area (Å²) in [6, 6.07) is 23.0. The van der Waals surface area contributed by atoms with Crippen molar-refractivity contribution >= 4 is 27.9 Å². The van der Waals surface area contributed by atoms with Crippen LogP contribution in [0.1, 0.15) is 43.9 Å². The number of oxime groups is 1. The molecular weight excluding hydrogens is 572 g/mol. The smallest absolute Gasteiger partial charge is 0.411 e. The zero-order valence-corrected chi connectivity index (χ0v) is 25.7. The van der Waals surface area contributed by atoms with Gasteiger partial charge in [0.05, 0.1) is 19.4 Å². The average molecular weight is 609 g/mol. The first kappa shape index (κ1) is 31.6. The third kappa shape index (κ3) is 7.92. The van der Waals surface area contributed by atoms with E-state index < -0.39 is 33.3 Å². The molecule has 11 heteroatoms. The lowest BCUT2D eigenvalue weighted by atomic mass is 9.87. The van der Waals surface area contributed by atoms with E-state index in [1.165, 1.54) is 24.1 Å². The largest absolute Gasteiger partial charge is 0.489 e. The van der Waals surface area contributed by atoms with Gasteiger partial charge < -0.3 is 14.2 Å². The van der Waals surface area contributed by atoms with Gasteiger partial charge in [0.1, 0.15) is 22.9 Å². The Morgan fingerprint density at radius 2 is 1.58 bits per heavy atom. The number of carbonyl (C=O) groups excluding carboxylic acids is 2. The van der Waals surface area contributed by atoms with Gasteiger partial charge in [0.25, 0.3) is 0 Å². The van der Waals surface area contributed by atoms with Crippen LogP contribution in [0.15, 0.2) is 88.9 Å². The molecule has 0 spiro atoms. The van der Waals surface area contributed by atoms with E-state index in [1.807, 2.05) is 37.3 Å². The van der Waals surface area contributed by atoms with Crippen LogP contribution in [0.2, 0.25) is 0 Å². The Balaban J connectivity index is 1.61. The van der Waals surface area contributed by atoms with Gasteiger partial charge in [0.15, 0.2) is 5.54 Å². The molecule has 1 fully saturated rings. The van der Waals surface area contributed by atoms with Crippen molar-refractivity contribution in [3.8, 4) is 5.75 Å². The van der Waals surface area contributed by atoms with Crippen LogP contribution in [0.4, 0.5) is 4.79 Å². The highest BCUT2D eigenvalue weighted by Gasteiger charge is 2.55. The molecule has 1 aliphatic rings. The molecule has 4 rings (SSSR count). The number of benzene rings is 3. The molecule has 43 heavy (non-hydrogen) atoms. The zero-order valence-electron chi connectivity index (χ0n) is 24.9. The highest BCUT2D eigenvalue weighted by Crippen LogP contribution is 2.35. The number of aryl methyl sites for hydroxylation is 1. The van der Waals surface area contributed by atoms with Crippen molar-refractivity contribution in [2.75, 3.05) is 13.7 Å². The standard InChI is InChI=1S/C32H36N2O8S/c1-23-11-17-28(18-12-23)43(37,38)42-33-26-20-32(29(35)39-5,34(21-26)30(36)41-31(2,3)4)19-24-13-15-27(16-14-24)40-22-25-9-7-6-8-10-25/h6-18H,19-22H2,1-5H3/b33-26-/t32-/m0/s1. The molecule has 1 heterocycles. The van der Waals surface area contributed by atoms with Gasteiger partial charge >= 0.3 is 22.2 Å². The van der Waals surface area contributed by atoms with Crippen molar-refractivity contribution in [1.29, 1.82) is 0 Å². The predicted molar refractivity (Wildman–Crippen MR) is 160 cm³/mol. The summed E-state index contributed by atoms with van der Waals surface area (Å²) < 4.78 is 47.3. The van der Waals surface area contributed by atoms with Gasteiger partial charge in [-0.25, -0.2) is 9.59 Å². The van der Waals surface area contributed by atoms with Crippen molar-refractivity contribution in [2.24, 2.45) is 5.16 Å². The molecule has 1 saturated heterocycles. The Kier molecular flexibility index (Phi) is 9.44. The fourth-order valence-corrected chi connectivity index (χ4v) is 5.43. The molecule has 228 valence electrons. The number of hydrogen-bond acceptors (Lipinski definition) is 9. The molecule has 0 bridgehead atoms. The van der Waals surface area contributed by atoms with Crippen molar-refractivity contribution in [3.05, 3.63) is 95.6 Å². The number of esters is 1. The van der Waals surface area contributed by atoms with Gasteiger partial charge in [-0.3, -0.25) is 9.18 Å². The van der Waals surface area contributed by atoms with Gasteiger partial charge in [-0.05, 0) is 63.1 Å². The van der Waals surface area contributed by atoms with Crippen molar-refractivity contribution < 1.29 is 36.5 Å². The summed E-state index contributed by atoms with van der Waals surface area (Å²) in [5.41, 5.74) is 0.345. The van der Waals surface area contributed by atoms with E-state index in [-0.39, 0.29) is 30.0 Å². The minimum Gasteiger partial charge on any atom is -0.489 e. The van der Waals surface area contributed by atoms with Crippen LogP contribution in [0.5, 0.6) is 5.75 Å². The summed E-state index contributed by atoms with van der Waals surface area (Å²) in [7, 11) is -3.01. The number of amides is 1. The molecule has 1 amide bonds. The maximum Gasteiger partial charge on any atom is 0.411 e. The summed E-state index contributed by atoms with van der Waals surface area (Å²) in [5, 5.41) is 3.90. The molecule has 1 aliphatic heterocycles. The Morgan fingerprint density at radius 1 is 0.930 bits per heavy atom. The summed E-state index contributed by atoms with van der Waals surface area (Å²) in [6.07, 6.45) is -0.858. The van der Waals surface area contributed by atoms with Crippen LogP contribution in [-0.4, -0.2) is 55.9 Å². The lowest BCUT2D eigenvalue weighted by Gasteiger charge is -2.36. The molecular formula is C32H36N2O8S. The summed E-state index contributed by atoms with van der Waals surface area (Å²) in [5.74, 6) is -0.0681. The van der Waals surface area contributed by atoms with Crippen molar-refractivity contribution in [2.45, 2.75) is 63.2 Å². The van der Waals surface area contributed by atoms with E-state index in [4.69, 9.17) is 18.5 Å². The predicted octanol–water partition coefficient (Wildman–Crippen LogP) is 5.43. The van der Waals surface area contributed by atoms with Crippen LogP contribution in [0.25, 0.3) is 0 Å². The van der Waals surface area contributed by atoms with Crippen LogP contribution >= 0.6 is 0 Å². The molecule has 0 radical (unpaired) electrons. The third-order valence-electron chi connectivity index (χ3n) is 6.78. The van der Waals surface area contributed by atoms with Gasteiger partial charge in [0, 0.05) is 12.8 Å². The summed E-state index contributed by atoms with van der Waals surface area (Å²) in [4.78, 5) is 28.0. The maximum atomic E-state index is 13.4. The lowest BCUT2D eigenvalue weighted by Crippen LogP contribution is -2.56. The summed E-state index contributed by atoms with van der Waals surface area (Å²) in [6.45, 7) is 7.15. The van der Waals surface area contributed by atoms with Crippen LogP contribution in [0.3, 0.4) is 0 Å². The Bertz CT molecular complexity index is 1560. The van der Waals surface area contributed by atoms with E-state index in [0.29, 0.717) is 17.9 Å². The molecule has 0 aliphatic carbocycles. The van der Waals surface area contributed by atoms with Gasteiger partial charge in [0.2, 0.25) is 0 Å². The van der Waals surface area contributed by atoms with Crippen LogP contribution in [0, 0.1) is 6.92 Å². The minimum atomic E-state index is -4.24. The van der Waals surface area contributed by atoms with E-state index >= 15 is 0 Å². The maximum absolute atomic E-state index is 13.4. The number of nitrogens with zero attached hydrogens (tertiary/aromatic N) is 2. The minimum absolute atomic E-state index is 0.0433. The van der Waals surface area contributed by atoms with Gasteiger partial charge in [-0.15, -0.1) is 0 Å². The first-order valence-electron chi connectivity index (χ1n) is 13.7. The van der Waals surface area contributed by atoms with E-state index in [9.17, 15) is 18.0 Å². The zero-order chi connectivity index (χ0) is 31.3. The van der Waals surface area contributed by atoms with Crippen molar-refractivity contribution in [1.82, 2.24) is 4.90 Å². The van der Waals surface area contributed by atoms with E-state index in [0.717, 1.165) is 11.1 Å². The number of methoxy groups -OCH3 is 1. The molecule has 0 saturated carbocycles. The molecule has 0 N–H and O–H groups in total. The van der Waals surface area contributed by atoms with Crippen LogP contribution in [-0.2, 0) is 41.7 Å². The normalized spacial score (nSPS) is 17.9. The molecule has 1 atom stereocenters. The van der Waals surface area contributed by atoms with E-state index in [1.54, 1.807) is 57.2 Å². The van der Waals surface area contributed by atoms with Gasteiger partial charge in [-0.1, -0.05) is 65.3 Å². The molecule has 10 nitrogen and oxygen atoms in total. The Morgan fingerprint density at radius 3 is 2.19 bits per heavy atom. The third-order valence-corrected chi connectivity index (χ3v) is 7.90. The number of likely N-dealkylation sites (tertiary alicyclic amines) is 1. The highest BCUT2D eigenvalue weighted by molar-refractivity contribution is 7.86. The second-order valence-electron chi connectivity index (χ2n) is 11.4. The monoisotopic (exact) mass is 608 g/mol. The molecule has 0 unspecified atom stereocenters. The fourth-order valence-electron chi connectivity index (χ4n) is 4.67. The number of rotatable bonds is 9.